The number of halogens is 1. The van der Waals surface area contributed by atoms with E-state index < -0.39 is 11.9 Å². The van der Waals surface area contributed by atoms with Crippen molar-refractivity contribution in [3.63, 3.8) is 0 Å². The van der Waals surface area contributed by atoms with E-state index in [0.717, 1.165) is 5.56 Å². The van der Waals surface area contributed by atoms with Crippen molar-refractivity contribution in [2.75, 3.05) is 13.2 Å². The zero-order valence-corrected chi connectivity index (χ0v) is 19.1. The van der Waals surface area contributed by atoms with Crippen LogP contribution in [0, 0.1) is 5.82 Å². The van der Waals surface area contributed by atoms with Crippen LogP contribution >= 0.6 is 0 Å². The summed E-state index contributed by atoms with van der Waals surface area (Å²) in [6.07, 6.45) is 0. The molecule has 3 aromatic rings. The van der Waals surface area contributed by atoms with Crippen LogP contribution in [0.3, 0.4) is 0 Å². The zero-order valence-electron chi connectivity index (χ0n) is 19.1. The van der Waals surface area contributed by atoms with Crippen LogP contribution in [0.1, 0.15) is 13.8 Å². The first-order valence-corrected chi connectivity index (χ1v) is 10.6. The van der Waals surface area contributed by atoms with Crippen LogP contribution in [0.5, 0.6) is 11.5 Å². The highest BCUT2D eigenvalue weighted by atomic mass is 19.1. The molecular weight excluding hydrogens is 435 g/mol. The van der Waals surface area contributed by atoms with Crippen molar-refractivity contribution in [2.24, 2.45) is 0 Å². The normalized spacial score (nSPS) is 10.3. The van der Waals surface area contributed by atoms with E-state index >= 15 is 0 Å². The number of benzene rings is 3. The maximum atomic E-state index is 14.9. The molecular formula is C28H25FO5. The lowest BCUT2D eigenvalue weighted by atomic mass is 9.99. The number of esters is 2. The van der Waals surface area contributed by atoms with E-state index in [4.69, 9.17) is 14.2 Å². The summed E-state index contributed by atoms with van der Waals surface area (Å²) >= 11 is 0. The summed E-state index contributed by atoms with van der Waals surface area (Å²) in [5.74, 6) is -0.341. The van der Waals surface area contributed by atoms with Crippen molar-refractivity contribution in [2.45, 2.75) is 13.8 Å². The molecule has 0 amide bonds. The lowest BCUT2D eigenvalue weighted by Crippen LogP contribution is -2.12. The van der Waals surface area contributed by atoms with Crippen LogP contribution < -0.4 is 9.47 Å². The molecule has 0 heterocycles. The molecule has 174 valence electrons. The van der Waals surface area contributed by atoms with Crippen LogP contribution in [-0.4, -0.2) is 25.2 Å². The number of hydrogen-bond acceptors (Lipinski definition) is 5. The monoisotopic (exact) mass is 460 g/mol. The van der Waals surface area contributed by atoms with E-state index in [2.05, 4.69) is 13.2 Å². The van der Waals surface area contributed by atoms with Crippen molar-refractivity contribution >= 4 is 11.9 Å². The molecule has 0 unspecified atom stereocenters. The summed E-state index contributed by atoms with van der Waals surface area (Å²) in [5, 5.41) is 0. The zero-order chi connectivity index (χ0) is 24.7. The van der Waals surface area contributed by atoms with Gasteiger partial charge in [-0.25, -0.2) is 14.0 Å². The van der Waals surface area contributed by atoms with E-state index in [9.17, 15) is 14.0 Å². The van der Waals surface area contributed by atoms with Gasteiger partial charge in [0.1, 0.15) is 30.5 Å². The van der Waals surface area contributed by atoms with Gasteiger partial charge in [-0.3, -0.25) is 0 Å². The molecule has 0 N–H and O–H groups in total. The Bertz CT molecular complexity index is 1210. The molecule has 0 aliphatic heterocycles. The van der Waals surface area contributed by atoms with Gasteiger partial charge in [-0.05, 0) is 60.9 Å². The van der Waals surface area contributed by atoms with Gasteiger partial charge in [0, 0.05) is 16.7 Å². The molecule has 0 fully saturated rings. The largest absolute Gasteiger partial charge is 0.490 e. The molecule has 0 aromatic heterocycles. The molecule has 34 heavy (non-hydrogen) atoms. The Balaban J connectivity index is 1.63. The molecule has 0 aliphatic carbocycles. The standard InChI is InChI=1S/C28H25FO5/c1-18(2)27(30)33-16-15-32-23-10-7-21(8-11-23)25-14-9-22(17-26(25)29)20-5-12-24(13-6-20)34-28(31)19(3)4/h5-14,17H,1,3,15-16H2,2,4H3. The van der Waals surface area contributed by atoms with Gasteiger partial charge in [-0.1, -0.05) is 49.6 Å². The fourth-order valence-electron chi connectivity index (χ4n) is 2.99. The van der Waals surface area contributed by atoms with E-state index in [1.54, 1.807) is 68.4 Å². The van der Waals surface area contributed by atoms with Crippen LogP contribution in [0.15, 0.2) is 91.0 Å². The summed E-state index contributed by atoms with van der Waals surface area (Å²) in [6.45, 7) is 10.5. The summed E-state index contributed by atoms with van der Waals surface area (Å²) in [5.41, 5.74) is 3.29. The van der Waals surface area contributed by atoms with Gasteiger partial charge in [-0.2, -0.15) is 0 Å². The maximum absolute atomic E-state index is 14.9. The Morgan fingerprint density at radius 3 is 1.88 bits per heavy atom. The number of rotatable bonds is 9. The van der Waals surface area contributed by atoms with Gasteiger partial charge in [0.2, 0.25) is 0 Å². The molecule has 5 nitrogen and oxygen atoms in total. The fourth-order valence-corrected chi connectivity index (χ4v) is 2.99. The second kappa shape index (κ2) is 11.1. The average molecular weight is 461 g/mol. The van der Waals surface area contributed by atoms with Crippen LogP contribution in [0.25, 0.3) is 22.3 Å². The minimum Gasteiger partial charge on any atom is -0.490 e. The van der Waals surface area contributed by atoms with Gasteiger partial charge in [0.25, 0.3) is 0 Å². The lowest BCUT2D eigenvalue weighted by Gasteiger charge is -2.10. The number of carbonyl (C=O) groups is 2. The number of ether oxygens (including phenoxy) is 3. The Morgan fingerprint density at radius 2 is 1.29 bits per heavy atom. The lowest BCUT2D eigenvalue weighted by molar-refractivity contribution is -0.139. The molecule has 3 aromatic carbocycles. The third-order valence-corrected chi connectivity index (χ3v) is 4.81. The topological polar surface area (TPSA) is 61.8 Å². The molecule has 0 bridgehead atoms. The molecule has 0 saturated heterocycles. The Labute approximate surface area is 198 Å². The summed E-state index contributed by atoms with van der Waals surface area (Å²) in [7, 11) is 0. The van der Waals surface area contributed by atoms with Crippen molar-refractivity contribution in [1.29, 1.82) is 0 Å². The van der Waals surface area contributed by atoms with Gasteiger partial charge in [0.15, 0.2) is 0 Å². The SMILES string of the molecule is C=C(C)C(=O)OCCOc1ccc(-c2ccc(-c3ccc(OC(=O)C(=C)C)cc3)cc2F)cc1. The third-order valence-electron chi connectivity index (χ3n) is 4.81. The summed E-state index contributed by atoms with van der Waals surface area (Å²) in [4.78, 5) is 23.0. The van der Waals surface area contributed by atoms with Crippen molar-refractivity contribution in [3.8, 4) is 33.8 Å². The minimum absolute atomic E-state index is 0.112. The predicted octanol–water partition coefficient (Wildman–Crippen LogP) is 6.14. The number of hydrogen-bond donors (Lipinski definition) is 0. The second-order valence-electron chi connectivity index (χ2n) is 7.68. The van der Waals surface area contributed by atoms with Crippen molar-refractivity contribution < 1.29 is 28.2 Å². The minimum atomic E-state index is -0.495. The quantitative estimate of drug-likeness (QED) is 0.166. The van der Waals surface area contributed by atoms with Crippen molar-refractivity contribution in [3.05, 3.63) is 96.9 Å². The van der Waals surface area contributed by atoms with E-state index in [-0.39, 0.29) is 19.0 Å². The van der Waals surface area contributed by atoms with Gasteiger partial charge < -0.3 is 14.2 Å². The highest BCUT2D eigenvalue weighted by Gasteiger charge is 2.10. The first-order chi connectivity index (χ1) is 16.2. The average Bonchev–Trinajstić information content (AvgIpc) is 2.82. The molecule has 0 saturated carbocycles. The number of carbonyl (C=O) groups excluding carboxylic acids is 2. The van der Waals surface area contributed by atoms with Gasteiger partial charge in [0.05, 0.1) is 0 Å². The summed E-state index contributed by atoms with van der Waals surface area (Å²) in [6, 6.07) is 18.8. The maximum Gasteiger partial charge on any atom is 0.338 e. The van der Waals surface area contributed by atoms with Gasteiger partial charge >= 0.3 is 11.9 Å². The van der Waals surface area contributed by atoms with Gasteiger partial charge in [-0.15, -0.1) is 0 Å². The van der Waals surface area contributed by atoms with Crippen molar-refractivity contribution in [1.82, 2.24) is 0 Å². The summed E-state index contributed by atoms with van der Waals surface area (Å²) < 4.78 is 30.6. The molecule has 0 spiro atoms. The second-order valence-corrected chi connectivity index (χ2v) is 7.68. The smallest absolute Gasteiger partial charge is 0.338 e. The molecule has 0 aliphatic rings. The third kappa shape index (κ3) is 6.42. The Hall–Kier alpha value is -4.19. The van der Waals surface area contributed by atoms with E-state index in [1.807, 2.05) is 6.07 Å². The highest BCUT2D eigenvalue weighted by molar-refractivity contribution is 5.89. The molecule has 0 radical (unpaired) electrons. The van der Waals surface area contributed by atoms with E-state index in [0.29, 0.717) is 39.3 Å². The Kier molecular flexibility index (Phi) is 7.98. The first-order valence-electron chi connectivity index (χ1n) is 10.6. The van der Waals surface area contributed by atoms with Crippen LogP contribution in [0.4, 0.5) is 4.39 Å². The predicted molar refractivity (Wildman–Crippen MR) is 129 cm³/mol. The first kappa shape index (κ1) is 24.5. The Morgan fingerprint density at radius 1 is 0.735 bits per heavy atom. The highest BCUT2D eigenvalue weighted by Crippen LogP contribution is 2.30. The molecule has 6 heteroatoms. The van der Waals surface area contributed by atoms with E-state index in [1.165, 1.54) is 6.07 Å². The molecule has 3 rings (SSSR count). The fraction of sp³-hybridized carbons (Fsp3) is 0.143. The molecule has 0 atom stereocenters. The van der Waals surface area contributed by atoms with Crippen LogP contribution in [0.2, 0.25) is 0 Å². The van der Waals surface area contributed by atoms with Crippen LogP contribution in [-0.2, 0) is 14.3 Å².